The van der Waals surface area contributed by atoms with Gasteiger partial charge in [0, 0.05) is 40.9 Å². The number of halogens is 3. The van der Waals surface area contributed by atoms with Crippen LogP contribution in [0.15, 0.2) is 40.9 Å². The summed E-state index contributed by atoms with van der Waals surface area (Å²) in [4.78, 5) is 15.4. The summed E-state index contributed by atoms with van der Waals surface area (Å²) in [7, 11) is 1.54. The first-order valence-corrected chi connectivity index (χ1v) is 10.7. The second-order valence-electron chi connectivity index (χ2n) is 7.90. The van der Waals surface area contributed by atoms with Crippen LogP contribution in [-0.2, 0) is 6.54 Å². The van der Waals surface area contributed by atoms with Crippen molar-refractivity contribution in [2.24, 2.45) is 0 Å². The summed E-state index contributed by atoms with van der Waals surface area (Å²) in [6.45, 7) is 0.828. The highest BCUT2D eigenvalue weighted by molar-refractivity contribution is 9.10. The van der Waals surface area contributed by atoms with Crippen molar-refractivity contribution in [1.29, 1.82) is 0 Å². The first-order valence-electron chi connectivity index (χ1n) is 9.88. The highest BCUT2D eigenvalue weighted by atomic mass is 79.9. The van der Waals surface area contributed by atoms with Gasteiger partial charge >= 0.3 is 0 Å². The summed E-state index contributed by atoms with van der Waals surface area (Å²) in [6, 6.07) is 11.1. The summed E-state index contributed by atoms with van der Waals surface area (Å²) in [5, 5.41) is 3.19. The van der Waals surface area contributed by atoms with Crippen LogP contribution < -0.4 is 15.8 Å². The average molecular weight is 499 g/mol. The molecule has 0 aliphatic carbocycles. The van der Waals surface area contributed by atoms with Crippen LogP contribution in [0.4, 0.5) is 10.1 Å². The predicted octanol–water partition coefficient (Wildman–Crippen LogP) is 4.53. The Morgan fingerprint density at radius 1 is 1.23 bits per heavy atom. The molecular formula is C22H26BrClFN3O2. The summed E-state index contributed by atoms with van der Waals surface area (Å²) in [5.41, 5.74) is 8.04. The standard InChI is InChI=1S/C22H25BrFN3O2.ClH/c1-29-21-11-20(25)19(23)10-18(21)22(28)26-15-8-16-6-7-17(9-15)27(16)12-13-2-4-14(24)5-3-13;/h2-5,10-11,15-17H,6-9,12,25H2,1H3,(H,26,28);1H. The molecule has 162 valence electrons. The molecule has 30 heavy (non-hydrogen) atoms. The maximum atomic E-state index is 13.2. The first kappa shape index (κ1) is 22.8. The minimum absolute atomic E-state index is 0. The number of piperidine rings is 1. The Kier molecular flexibility index (Phi) is 7.26. The van der Waals surface area contributed by atoms with Gasteiger partial charge in [-0.25, -0.2) is 4.39 Å². The van der Waals surface area contributed by atoms with Gasteiger partial charge in [-0.2, -0.15) is 0 Å². The van der Waals surface area contributed by atoms with Gasteiger partial charge in [-0.1, -0.05) is 12.1 Å². The zero-order chi connectivity index (χ0) is 20.5. The summed E-state index contributed by atoms with van der Waals surface area (Å²) >= 11 is 3.39. The molecule has 0 spiro atoms. The maximum Gasteiger partial charge on any atom is 0.255 e. The Morgan fingerprint density at radius 2 is 1.87 bits per heavy atom. The summed E-state index contributed by atoms with van der Waals surface area (Å²) in [6.07, 6.45) is 4.10. The van der Waals surface area contributed by atoms with Crippen molar-refractivity contribution >= 4 is 39.9 Å². The molecule has 2 fully saturated rings. The molecule has 3 N–H and O–H groups in total. The van der Waals surface area contributed by atoms with Crippen LogP contribution in [0.3, 0.4) is 0 Å². The fraction of sp³-hybridized carbons (Fsp3) is 0.409. The molecule has 2 atom stereocenters. The lowest BCUT2D eigenvalue weighted by atomic mass is 9.96. The van der Waals surface area contributed by atoms with Gasteiger partial charge in [0.2, 0.25) is 0 Å². The molecule has 2 unspecified atom stereocenters. The molecule has 2 saturated heterocycles. The molecule has 5 nitrogen and oxygen atoms in total. The van der Waals surface area contributed by atoms with Crippen LogP contribution in [0.2, 0.25) is 0 Å². The Hall–Kier alpha value is -1.83. The van der Waals surface area contributed by atoms with Gasteiger partial charge in [0.25, 0.3) is 5.91 Å². The van der Waals surface area contributed by atoms with Gasteiger partial charge in [-0.3, -0.25) is 9.69 Å². The quantitative estimate of drug-likeness (QED) is 0.595. The van der Waals surface area contributed by atoms with E-state index in [0.717, 1.165) is 37.8 Å². The fourth-order valence-corrected chi connectivity index (χ4v) is 4.97. The number of nitrogens with two attached hydrogens (primary N) is 1. The Morgan fingerprint density at radius 3 is 2.47 bits per heavy atom. The second-order valence-corrected chi connectivity index (χ2v) is 8.75. The molecule has 2 aliphatic rings. The van der Waals surface area contributed by atoms with E-state index in [2.05, 4.69) is 26.1 Å². The Bertz CT molecular complexity index is 898. The Balaban J connectivity index is 0.00000256. The summed E-state index contributed by atoms with van der Waals surface area (Å²) < 4.78 is 19.2. The van der Waals surface area contributed by atoms with Gasteiger partial charge in [0.15, 0.2) is 0 Å². The number of hydrogen-bond acceptors (Lipinski definition) is 4. The normalized spacial score (nSPS) is 23.0. The number of ether oxygens (including phenoxy) is 1. The van der Waals surface area contributed by atoms with Crippen LogP contribution in [-0.4, -0.2) is 36.0 Å². The molecule has 8 heteroatoms. The van der Waals surface area contributed by atoms with Crippen LogP contribution in [0.1, 0.15) is 41.6 Å². The lowest BCUT2D eigenvalue weighted by molar-refractivity contribution is 0.0825. The van der Waals surface area contributed by atoms with Crippen LogP contribution in [0.25, 0.3) is 0 Å². The van der Waals surface area contributed by atoms with E-state index in [1.54, 1.807) is 12.1 Å². The fourth-order valence-electron chi connectivity index (χ4n) is 4.63. The van der Waals surface area contributed by atoms with E-state index in [0.29, 0.717) is 33.6 Å². The third-order valence-electron chi connectivity index (χ3n) is 6.06. The van der Waals surface area contributed by atoms with Crippen LogP contribution >= 0.6 is 28.3 Å². The van der Waals surface area contributed by atoms with Gasteiger partial charge in [-0.15, -0.1) is 12.4 Å². The van der Waals surface area contributed by atoms with E-state index in [1.807, 2.05) is 12.1 Å². The van der Waals surface area contributed by atoms with E-state index in [1.165, 1.54) is 19.2 Å². The number of benzene rings is 2. The van der Waals surface area contributed by atoms with Crippen molar-refractivity contribution in [2.45, 2.75) is 50.4 Å². The molecule has 0 aromatic heterocycles. The van der Waals surface area contributed by atoms with E-state index < -0.39 is 0 Å². The molecule has 2 aliphatic heterocycles. The van der Waals surface area contributed by atoms with Crippen molar-refractivity contribution in [3.05, 3.63) is 57.8 Å². The molecular weight excluding hydrogens is 473 g/mol. The highest BCUT2D eigenvalue weighted by Gasteiger charge is 2.41. The number of nitrogens with zero attached hydrogens (tertiary/aromatic N) is 1. The van der Waals surface area contributed by atoms with Crippen molar-refractivity contribution in [2.75, 3.05) is 12.8 Å². The summed E-state index contributed by atoms with van der Waals surface area (Å²) in [5.74, 6) is 0.127. The van der Waals surface area contributed by atoms with E-state index >= 15 is 0 Å². The third-order valence-corrected chi connectivity index (χ3v) is 6.75. The van der Waals surface area contributed by atoms with Crippen molar-refractivity contribution < 1.29 is 13.9 Å². The minimum atomic E-state index is -0.206. The topological polar surface area (TPSA) is 67.6 Å². The van der Waals surface area contributed by atoms with Gasteiger partial charge in [-0.05, 0) is 65.4 Å². The Labute approximate surface area is 190 Å². The number of fused-ring (bicyclic) bond motifs is 2. The lowest BCUT2D eigenvalue weighted by Gasteiger charge is -2.39. The SMILES string of the molecule is COc1cc(N)c(Br)cc1C(=O)NC1CC2CCC(C1)N2Cc1ccc(F)cc1.Cl. The number of hydrogen-bond donors (Lipinski definition) is 2. The number of nitrogens with one attached hydrogen (secondary N) is 1. The molecule has 2 bridgehead atoms. The van der Waals surface area contributed by atoms with Crippen LogP contribution in [0.5, 0.6) is 5.75 Å². The molecule has 1 amide bonds. The monoisotopic (exact) mass is 497 g/mol. The molecule has 2 heterocycles. The second kappa shape index (κ2) is 9.54. The number of anilines is 1. The maximum absolute atomic E-state index is 13.2. The first-order chi connectivity index (χ1) is 13.9. The molecule has 4 rings (SSSR count). The lowest BCUT2D eigenvalue weighted by Crippen LogP contribution is -2.50. The highest BCUT2D eigenvalue weighted by Crippen LogP contribution is 2.37. The van der Waals surface area contributed by atoms with Gasteiger partial charge in [0.1, 0.15) is 11.6 Å². The van der Waals surface area contributed by atoms with Crippen molar-refractivity contribution in [1.82, 2.24) is 10.2 Å². The van der Waals surface area contributed by atoms with Crippen LogP contribution in [0, 0.1) is 5.82 Å². The number of amides is 1. The smallest absolute Gasteiger partial charge is 0.255 e. The molecule has 2 aromatic rings. The predicted molar refractivity (Wildman–Crippen MR) is 122 cm³/mol. The number of rotatable bonds is 5. The number of carbonyl (C=O) groups excluding carboxylic acids is 1. The van der Waals surface area contributed by atoms with Gasteiger partial charge in [0.05, 0.1) is 12.7 Å². The average Bonchev–Trinajstić information content (AvgIpc) is 2.93. The van der Waals surface area contributed by atoms with E-state index in [9.17, 15) is 9.18 Å². The number of carbonyl (C=O) groups is 1. The van der Waals surface area contributed by atoms with E-state index in [-0.39, 0.29) is 30.2 Å². The third kappa shape index (κ3) is 4.74. The van der Waals surface area contributed by atoms with Gasteiger partial charge < -0.3 is 15.8 Å². The molecule has 2 aromatic carbocycles. The van der Waals surface area contributed by atoms with E-state index in [4.69, 9.17) is 10.5 Å². The zero-order valence-corrected chi connectivity index (χ0v) is 19.1. The minimum Gasteiger partial charge on any atom is -0.496 e. The van der Waals surface area contributed by atoms with Crippen molar-refractivity contribution in [3.8, 4) is 5.75 Å². The number of nitrogen functional groups attached to an aromatic ring is 1. The van der Waals surface area contributed by atoms with Crippen molar-refractivity contribution in [3.63, 3.8) is 0 Å². The zero-order valence-electron chi connectivity index (χ0n) is 16.7. The number of methoxy groups -OCH3 is 1. The largest absolute Gasteiger partial charge is 0.496 e. The molecule has 0 radical (unpaired) electrons. The molecule has 0 saturated carbocycles.